The second-order valence-electron chi connectivity index (χ2n) is 5.61. The van der Waals surface area contributed by atoms with Crippen molar-refractivity contribution in [1.82, 2.24) is 4.98 Å². The highest BCUT2D eigenvalue weighted by Gasteiger charge is 2.16. The van der Waals surface area contributed by atoms with Crippen LogP contribution in [0, 0.1) is 24.0 Å². The molecule has 0 saturated heterocycles. The molecule has 1 aromatic heterocycles. The van der Waals surface area contributed by atoms with E-state index in [1.807, 2.05) is 13.8 Å². The Hall–Kier alpha value is -3.19. The number of aromatic nitrogens is 1. The number of carbonyl (C=O) groups excluding carboxylic acids is 1. The Kier molecular flexibility index (Phi) is 4.73. The van der Waals surface area contributed by atoms with E-state index < -0.39 is 10.8 Å². The molecule has 3 rings (SSSR count). The maximum absolute atomic E-state index is 12.4. The average molecular weight is 372 g/mol. The van der Waals surface area contributed by atoms with E-state index >= 15 is 0 Å². The first-order chi connectivity index (χ1) is 12.3. The van der Waals surface area contributed by atoms with Crippen molar-refractivity contribution in [1.29, 1.82) is 0 Å². The van der Waals surface area contributed by atoms with Crippen LogP contribution in [0.3, 0.4) is 0 Å². The van der Waals surface area contributed by atoms with Gasteiger partial charge in [0.15, 0.2) is 0 Å². The summed E-state index contributed by atoms with van der Waals surface area (Å²) in [7, 11) is 0. The highest BCUT2D eigenvalue weighted by Crippen LogP contribution is 2.25. The molecule has 8 heteroatoms. The minimum Gasteiger partial charge on any atom is -0.441 e. The lowest BCUT2D eigenvalue weighted by Crippen LogP contribution is -2.12. The summed E-state index contributed by atoms with van der Waals surface area (Å²) in [4.78, 5) is 27.0. The number of nitro benzene ring substituents is 1. The maximum atomic E-state index is 12.4. The summed E-state index contributed by atoms with van der Waals surface area (Å²) < 4.78 is 5.56. The van der Waals surface area contributed by atoms with Crippen LogP contribution in [0.4, 0.5) is 11.4 Å². The smallest absolute Gasteiger partial charge is 0.270 e. The van der Waals surface area contributed by atoms with E-state index in [2.05, 4.69) is 10.3 Å². The first-order valence-corrected chi connectivity index (χ1v) is 8.02. The number of amides is 1. The van der Waals surface area contributed by atoms with Crippen molar-refractivity contribution in [3.8, 4) is 11.5 Å². The second-order valence-corrected chi connectivity index (χ2v) is 6.02. The van der Waals surface area contributed by atoms with Crippen LogP contribution in [0.2, 0.25) is 5.02 Å². The number of halogens is 1. The standard InChI is InChI=1S/C18H14ClN3O4/c1-10-11(2)26-18(20-10)12-3-5-13(6-4-12)21-17(23)15-9-14(22(24)25)7-8-16(15)19/h3-9H,1-2H3,(H,21,23). The summed E-state index contributed by atoms with van der Waals surface area (Å²) in [5.41, 5.74) is 1.93. The molecule has 1 heterocycles. The van der Waals surface area contributed by atoms with Gasteiger partial charge in [-0.2, -0.15) is 0 Å². The number of carbonyl (C=O) groups is 1. The summed E-state index contributed by atoms with van der Waals surface area (Å²) in [6.45, 7) is 3.70. The van der Waals surface area contributed by atoms with Crippen molar-refractivity contribution >= 4 is 28.9 Å². The zero-order chi connectivity index (χ0) is 18.8. The van der Waals surface area contributed by atoms with E-state index in [0.717, 1.165) is 23.1 Å². The van der Waals surface area contributed by atoms with Crippen molar-refractivity contribution in [3.05, 3.63) is 74.6 Å². The number of aryl methyl sites for hydroxylation is 2. The molecular weight excluding hydrogens is 358 g/mol. The third-order valence-corrected chi connectivity index (χ3v) is 4.15. The Morgan fingerprint density at radius 1 is 1.19 bits per heavy atom. The predicted molar refractivity (Wildman–Crippen MR) is 97.5 cm³/mol. The molecule has 0 atom stereocenters. The molecule has 0 aliphatic carbocycles. The number of nitro groups is 1. The van der Waals surface area contributed by atoms with Gasteiger partial charge in [0.1, 0.15) is 5.76 Å². The van der Waals surface area contributed by atoms with Crippen molar-refractivity contribution in [2.45, 2.75) is 13.8 Å². The van der Waals surface area contributed by atoms with E-state index in [1.165, 1.54) is 12.1 Å². The van der Waals surface area contributed by atoms with Crippen LogP contribution in [-0.4, -0.2) is 15.8 Å². The number of non-ortho nitro benzene ring substituents is 1. The van der Waals surface area contributed by atoms with Crippen molar-refractivity contribution < 1.29 is 14.1 Å². The molecule has 0 radical (unpaired) electrons. The number of hydrogen-bond donors (Lipinski definition) is 1. The second kappa shape index (κ2) is 6.97. The zero-order valence-corrected chi connectivity index (χ0v) is 14.7. The minimum atomic E-state index is -0.581. The molecule has 7 nitrogen and oxygen atoms in total. The first-order valence-electron chi connectivity index (χ1n) is 7.65. The van der Waals surface area contributed by atoms with Gasteiger partial charge in [-0.25, -0.2) is 4.98 Å². The van der Waals surface area contributed by atoms with E-state index in [4.69, 9.17) is 16.0 Å². The van der Waals surface area contributed by atoms with E-state index in [1.54, 1.807) is 24.3 Å². The van der Waals surface area contributed by atoms with Crippen molar-refractivity contribution in [3.63, 3.8) is 0 Å². The lowest BCUT2D eigenvalue weighted by molar-refractivity contribution is -0.384. The summed E-state index contributed by atoms with van der Waals surface area (Å²) in [6, 6.07) is 10.6. The normalized spacial score (nSPS) is 10.6. The highest BCUT2D eigenvalue weighted by molar-refractivity contribution is 6.34. The number of anilines is 1. The first kappa shape index (κ1) is 17.6. The molecule has 0 aliphatic heterocycles. The van der Waals surface area contributed by atoms with Crippen LogP contribution >= 0.6 is 11.6 Å². The van der Waals surface area contributed by atoms with Gasteiger partial charge in [-0.15, -0.1) is 0 Å². The van der Waals surface area contributed by atoms with Crippen LogP contribution < -0.4 is 5.32 Å². The fraction of sp³-hybridized carbons (Fsp3) is 0.111. The molecule has 0 saturated carbocycles. The van der Waals surface area contributed by atoms with Gasteiger partial charge >= 0.3 is 0 Å². The number of hydrogen-bond acceptors (Lipinski definition) is 5. The lowest BCUT2D eigenvalue weighted by Gasteiger charge is -2.07. The molecule has 132 valence electrons. The summed E-state index contributed by atoms with van der Waals surface area (Å²) in [5.74, 6) is 0.714. The maximum Gasteiger partial charge on any atom is 0.270 e. The molecule has 26 heavy (non-hydrogen) atoms. The lowest BCUT2D eigenvalue weighted by atomic mass is 10.1. The van der Waals surface area contributed by atoms with E-state index in [-0.39, 0.29) is 16.3 Å². The van der Waals surface area contributed by atoms with Crippen LogP contribution in [0.25, 0.3) is 11.5 Å². The largest absolute Gasteiger partial charge is 0.441 e. The number of nitrogens with one attached hydrogen (secondary N) is 1. The molecule has 0 spiro atoms. The van der Waals surface area contributed by atoms with Gasteiger partial charge in [-0.1, -0.05) is 11.6 Å². The Morgan fingerprint density at radius 3 is 2.46 bits per heavy atom. The Morgan fingerprint density at radius 2 is 1.88 bits per heavy atom. The molecule has 0 aliphatic rings. The molecule has 1 N–H and O–H groups in total. The van der Waals surface area contributed by atoms with Gasteiger partial charge in [0, 0.05) is 23.4 Å². The Balaban J connectivity index is 1.80. The van der Waals surface area contributed by atoms with Crippen molar-refractivity contribution in [2.24, 2.45) is 0 Å². The molecule has 3 aromatic rings. The predicted octanol–water partition coefficient (Wildman–Crippen LogP) is 4.77. The number of benzene rings is 2. The molecule has 0 bridgehead atoms. The minimum absolute atomic E-state index is 0.0314. The third kappa shape index (κ3) is 3.57. The van der Waals surface area contributed by atoms with Crippen LogP contribution in [0.5, 0.6) is 0 Å². The van der Waals surface area contributed by atoms with Crippen LogP contribution in [0.15, 0.2) is 46.9 Å². The molecule has 2 aromatic carbocycles. The molecule has 0 unspecified atom stereocenters. The van der Waals surface area contributed by atoms with Gasteiger partial charge in [0.25, 0.3) is 11.6 Å². The van der Waals surface area contributed by atoms with Crippen LogP contribution in [-0.2, 0) is 0 Å². The number of nitrogens with zero attached hydrogens (tertiary/aromatic N) is 2. The number of rotatable bonds is 4. The van der Waals surface area contributed by atoms with Gasteiger partial charge < -0.3 is 9.73 Å². The summed E-state index contributed by atoms with van der Waals surface area (Å²) in [6.07, 6.45) is 0. The topological polar surface area (TPSA) is 98.3 Å². The molecule has 0 fully saturated rings. The average Bonchev–Trinajstić information content (AvgIpc) is 2.94. The molecule has 1 amide bonds. The summed E-state index contributed by atoms with van der Waals surface area (Å²) >= 11 is 5.98. The zero-order valence-electron chi connectivity index (χ0n) is 13.9. The monoisotopic (exact) mass is 371 g/mol. The third-order valence-electron chi connectivity index (χ3n) is 3.82. The number of oxazole rings is 1. The fourth-order valence-corrected chi connectivity index (χ4v) is 2.49. The van der Waals surface area contributed by atoms with Crippen LogP contribution in [0.1, 0.15) is 21.8 Å². The summed E-state index contributed by atoms with van der Waals surface area (Å²) in [5, 5.41) is 13.7. The van der Waals surface area contributed by atoms with E-state index in [0.29, 0.717) is 11.6 Å². The molecular formula is C18H14ClN3O4. The van der Waals surface area contributed by atoms with Crippen molar-refractivity contribution in [2.75, 3.05) is 5.32 Å². The van der Waals surface area contributed by atoms with E-state index in [9.17, 15) is 14.9 Å². The fourth-order valence-electron chi connectivity index (χ4n) is 2.29. The van der Waals surface area contributed by atoms with Gasteiger partial charge in [0.2, 0.25) is 5.89 Å². The highest BCUT2D eigenvalue weighted by atomic mass is 35.5. The van der Waals surface area contributed by atoms with Gasteiger partial charge in [0.05, 0.1) is 21.2 Å². The quantitative estimate of drug-likeness (QED) is 0.526. The Bertz CT molecular complexity index is 977. The van der Waals surface area contributed by atoms with Gasteiger partial charge in [-0.3, -0.25) is 14.9 Å². The Labute approximate surface area is 153 Å². The SMILES string of the molecule is Cc1nc(-c2ccc(NC(=O)c3cc([N+](=O)[O-])ccc3Cl)cc2)oc1C. The van der Waals surface area contributed by atoms with Gasteiger partial charge in [-0.05, 0) is 44.2 Å².